The Labute approximate surface area is 128 Å². The Morgan fingerprint density at radius 1 is 1.29 bits per heavy atom. The lowest BCUT2D eigenvalue weighted by Crippen LogP contribution is -2.38. The topological polar surface area (TPSA) is 61.8 Å². The van der Waals surface area contributed by atoms with Crippen molar-refractivity contribution in [3.05, 3.63) is 35.4 Å². The lowest BCUT2D eigenvalue weighted by Gasteiger charge is -2.22. The van der Waals surface area contributed by atoms with Crippen molar-refractivity contribution in [1.29, 1.82) is 0 Å². The predicted octanol–water partition coefficient (Wildman–Crippen LogP) is 1.44. The molecule has 21 heavy (non-hydrogen) atoms. The van der Waals surface area contributed by atoms with Crippen LogP contribution in [0.1, 0.15) is 18.1 Å². The molecule has 1 aromatic rings. The number of nitrogens with zero attached hydrogens (tertiary/aromatic N) is 2. The molecule has 0 fully saturated rings. The number of aryl methyl sites for hydroxylation is 1. The van der Waals surface area contributed by atoms with Crippen molar-refractivity contribution >= 4 is 15.8 Å². The molecule has 6 heteroatoms. The number of hydrogen-bond acceptors (Lipinski definition) is 3. The normalized spacial score (nSPS) is 12.3. The van der Waals surface area contributed by atoms with E-state index in [-0.39, 0.29) is 12.3 Å². The van der Waals surface area contributed by atoms with Crippen LogP contribution in [-0.4, -0.2) is 51.4 Å². The molecular weight excluding hydrogens is 286 g/mol. The molecule has 1 aromatic carbocycles. The number of nitrogens with one attached hydrogen (secondary N) is 1. The van der Waals surface area contributed by atoms with Crippen LogP contribution in [0.5, 0.6) is 0 Å². The largest absolute Gasteiger partial charge is 0.357 e. The fraction of sp³-hybridized carbons (Fsp3) is 0.533. The standard InChI is InChI=1S/C15H25N3O2S/c1-5-16-15(17-10-11-21(4,19)20)18(3)12-14-8-6-13(2)7-9-14/h6-9H,5,10-12H2,1-4H3,(H,16,17). The van der Waals surface area contributed by atoms with Crippen LogP contribution in [0, 0.1) is 6.92 Å². The molecule has 0 heterocycles. The van der Waals surface area contributed by atoms with Gasteiger partial charge in [-0.2, -0.15) is 0 Å². The second kappa shape index (κ2) is 8.02. The minimum absolute atomic E-state index is 0.0697. The van der Waals surface area contributed by atoms with Gasteiger partial charge in [-0.25, -0.2) is 8.42 Å². The summed E-state index contributed by atoms with van der Waals surface area (Å²) in [6.45, 7) is 5.80. The van der Waals surface area contributed by atoms with Gasteiger partial charge in [-0.05, 0) is 19.4 Å². The van der Waals surface area contributed by atoms with Gasteiger partial charge in [-0.3, -0.25) is 4.99 Å². The zero-order valence-corrected chi connectivity index (χ0v) is 14.1. The lowest BCUT2D eigenvalue weighted by molar-refractivity contribution is 0.477. The Hall–Kier alpha value is -1.56. The Bertz CT molecular complexity index is 565. The molecule has 0 aliphatic rings. The highest BCUT2D eigenvalue weighted by Crippen LogP contribution is 2.06. The summed E-state index contributed by atoms with van der Waals surface area (Å²) in [5.41, 5.74) is 2.42. The summed E-state index contributed by atoms with van der Waals surface area (Å²) < 4.78 is 22.3. The summed E-state index contributed by atoms with van der Waals surface area (Å²) in [4.78, 5) is 6.36. The minimum Gasteiger partial charge on any atom is -0.357 e. The molecule has 0 radical (unpaired) electrons. The van der Waals surface area contributed by atoms with Crippen molar-refractivity contribution in [2.24, 2.45) is 4.99 Å². The van der Waals surface area contributed by atoms with E-state index in [0.717, 1.165) is 19.0 Å². The minimum atomic E-state index is -2.98. The van der Waals surface area contributed by atoms with Crippen molar-refractivity contribution in [3.63, 3.8) is 0 Å². The molecule has 0 saturated heterocycles. The van der Waals surface area contributed by atoms with E-state index in [2.05, 4.69) is 41.5 Å². The molecule has 0 saturated carbocycles. The third-order valence-corrected chi connectivity index (χ3v) is 3.88. The SMILES string of the molecule is CCNC(=NCCS(C)(=O)=O)N(C)Cc1ccc(C)cc1. The molecule has 0 amide bonds. The van der Waals surface area contributed by atoms with Crippen molar-refractivity contribution < 1.29 is 8.42 Å². The van der Waals surface area contributed by atoms with Crippen LogP contribution in [-0.2, 0) is 16.4 Å². The van der Waals surface area contributed by atoms with Crippen LogP contribution in [0.2, 0.25) is 0 Å². The highest BCUT2D eigenvalue weighted by Gasteiger charge is 2.07. The highest BCUT2D eigenvalue weighted by molar-refractivity contribution is 7.90. The Morgan fingerprint density at radius 2 is 1.90 bits per heavy atom. The molecule has 5 nitrogen and oxygen atoms in total. The van der Waals surface area contributed by atoms with Gasteiger partial charge in [0.05, 0.1) is 12.3 Å². The maximum Gasteiger partial charge on any atom is 0.193 e. The second-order valence-electron chi connectivity index (χ2n) is 5.21. The summed E-state index contributed by atoms with van der Waals surface area (Å²) in [5, 5.41) is 3.18. The van der Waals surface area contributed by atoms with E-state index in [9.17, 15) is 8.42 Å². The van der Waals surface area contributed by atoms with Gasteiger partial charge in [0, 0.05) is 26.4 Å². The molecule has 1 rings (SSSR count). The molecule has 0 aromatic heterocycles. The fourth-order valence-corrected chi connectivity index (χ4v) is 2.25. The van der Waals surface area contributed by atoms with Gasteiger partial charge in [0.1, 0.15) is 9.84 Å². The van der Waals surface area contributed by atoms with Crippen LogP contribution in [0.4, 0.5) is 0 Å². The summed E-state index contributed by atoms with van der Waals surface area (Å²) in [7, 11) is -1.03. The monoisotopic (exact) mass is 311 g/mol. The third-order valence-electron chi connectivity index (χ3n) is 2.96. The zero-order valence-electron chi connectivity index (χ0n) is 13.3. The molecule has 0 bridgehead atoms. The Kier molecular flexibility index (Phi) is 6.68. The second-order valence-corrected chi connectivity index (χ2v) is 7.47. The van der Waals surface area contributed by atoms with Crippen LogP contribution in [0.3, 0.4) is 0 Å². The van der Waals surface area contributed by atoms with Gasteiger partial charge >= 0.3 is 0 Å². The van der Waals surface area contributed by atoms with Gasteiger partial charge in [-0.15, -0.1) is 0 Å². The van der Waals surface area contributed by atoms with Gasteiger partial charge in [0.2, 0.25) is 0 Å². The first-order valence-electron chi connectivity index (χ1n) is 7.04. The first-order chi connectivity index (χ1) is 9.81. The lowest BCUT2D eigenvalue weighted by atomic mass is 10.1. The average Bonchev–Trinajstić information content (AvgIpc) is 2.39. The number of aliphatic imine (C=N–C) groups is 1. The van der Waals surface area contributed by atoms with E-state index < -0.39 is 9.84 Å². The van der Waals surface area contributed by atoms with Gasteiger partial charge < -0.3 is 10.2 Å². The van der Waals surface area contributed by atoms with Crippen molar-refractivity contribution in [3.8, 4) is 0 Å². The smallest absolute Gasteiger partial charge is 0.193 e. The van der Waals surface area contributed by atoms with E-state index in [1.165, 1.54) is 17.4 Å². The third kappa shape index (κ3) is 7.13. The number of rotatable bonds is 6. The first-order valence-corrected chi connectivity index (χ1v) is 9.10. The van der Waals surface area contributed by atoms with Crippen LogP contribution < -0.4 is 5.32 Å². The molecular formula is C15H25N3O2S. The summed E-state index contributed by atoms with van der Waals surface area (Å²) in [6, 6.07) is 8.34. The fourth-order valence-electron chi connectivity index (χ4n) is 1.83. The van der Waals surface area contributed by atoms with Crippen LogP contribution in [0.15, 0.2) is 29.3 Å². The summed E-state index contributed by atoms with van der Waals surface area (Å²) in [5.74, 6) is 0.794. The van der Waals surface area contributed by atoms with E-state index in [1.54, 1.807) is 0 Å². The molecule has 0 atom stereocenters. The van der Waals surface area contributed by atoms with Gasteiger partial charge in [0.15, 0.2) is 5.96 Å². The van der Waals surface area contributed by atoms with Gasteiger partial charge in [-0.1, -0.05) is 29.8 Å². The van der Waals surface area contributed by atoms with E-state index >= 15 is 0 Å². The first kappa shape index (κ1) is 17.5. The van der Waals surface area contributed by atoms with E-state index in [0.29, 0.717) is 0 Å². The average molecular weight is 311 g/mol. The summed E-state index contributed by atoms with van der Waals surface area (Å²) in [6.07, 6.45) is 1.23. The molecule has 0 aliphatic heterocycles. The quantitative estimate of drug-likeness (QED) is 0.638. The van der Waals surface area contributed by atoms with E-state index in [4.69, 9.17) is 0 Å². The maximum absolute atomic E-state index is 11.2. The molecule has 0 spiro atoms. The molecule has 0 unspecified atom stereocenters. The number of hydrogen-bond donors (Lipinski definition) is 1. The number of sulfone groups is 1. The number of guanidine groups is 1. The van der Waals surface area contributed by atoms with E-state index in [1.807, 2.05) is 18.9 Å². The Balaban J connectivity index is 2.69. The Morgan fingerprint density at radius 3 is 2.43 bits per heavy atom. The molecule has 0 aliphatic carbocycles. The maximum atomic E-state index is 11.2. The number of benzene rings is 1. The van der Waals surface area contributed by atoms with Crippen molar-refractivity contribution in [2.45, 2.75) is 20.4 Å². The van der Waals surface area contributed by atoms with Crippen LogP contribution in [0.25, 0.3) is 0 Å². The predicted molar refractivity (Wildman–Crippen MR) is 88.3 cm³/mol. The van der Waals surface area contributed by atoms with Gasteiger partial charge in [0.25, 0.3) is 0 Å². The van der Waals surface area contributed by atoms with Crippen molar-refractivity contribution in [1.82, 2.24) is 10.2 Å². The zero-order chi connectivity index (χ0) is 15.9. The van der Waals surface area contributed by atoms with Crippen molar-refractivity contribution in [2.75, 3.05) is 32.1 Å². The highest BCUT2D eigenvalue weighted by atomic mass is 32.2. The summed E-state index contributed by atoms with van der Waals surface area (Å²) >= 11 is 0. The molecule has 118 valence electrons. The van der Waals surface area contributed by atoms with Crippen LogP contribution >= 0.6 is 0 Å². The molecule has 1 N–H and O–H groups in total.